The van der Waals surface area contributed by atoms with E-state index in [1.54, 1.807) is 0 Å². The molecule has 8 nitrogen and oxygen atoms in total. The van der Waals surface area contributed by atoms with Gasteiger partial charge in [0.15, 0.2) is 0 Å². The minimum absolute atomic E-state index is 0.0791. The fourth-order valence-electron chi connectivity index (χ4n) is 8.87. The molecular formula is C55H114N2O6P+. The third-order valence-corrected chi connectivity index (χ3v) is 14.3. The summed E-state index contributed by atoms with van der Waals surface area (Å²) in [5.41, 5.74) is 0. The van der Waals surface area contributed by atoms with Gasteiger partial charge in [-0.25, -0.2) is 4.57 Å². The number of hydrogen-bond acceptors (Lipinski definition) is 5. The van der Waals surface area contributed by atoms with Crippen molar-refractivity contribution < 1.29 is 32.9 Å². The topological polar surface area (TPSA) is 105 Å². The number of phosphoric ester groups is 1. The molecule has 0 aliphatic heterocycles. The molecule has 384 valence electrons. The Bertz CT molecular complexity index is 1010. The smallest absolute Gasteiger partial charge is 0.391 e. The molecule has 0 rings (SSSR count). The molecule has 0 aromatic heterocycles. The highest BCUT2D eigenvalue weighted by Gasteiger charge is 2.28. The van der Waals surface area contributed by atoms with Crippen molar-refractivity contribution >= 4 is 13.7 Å². The number of quaternary nitrogens is 1. The number of rotatable bonds is 53. The summed E-state index contributed by atoms with van der Waals surface area (Å²) in [4.78, 5) is 23.3. The molecule has 3 unspecified atom stereocenters. The van der Waals surface area contributed by atoms with Crippen molar-refractivity contribution in [3.05, 3.63) is 0 Å². The number of nitrogens with one attached hydrogen (secondary N) is 1. The first-order chi connectivity index (χ1) is 31.0. The molecule has 0 saturated heterocycles. The lowest BCUT2D eigenvalue weighted by Gasteiger charge is -2.26. The normalized spacial score (nSPS) is 13.9. The number of nitrogens with zero attached hydrogens (tertiary/aromatic N) is 1. The maximum absolute atomic E-state index is 13.0. The van der Waals surface area contributed by atoms with Crippen molar-refractivity contribution in [1.82, 2.24) is 5.32 Å². The van der Waals surface area contributed by atoms with Gasteiger partial charge >= 0.3 is 7.82 Å². The summed E-state index contributed by atoms with van der Waals surface area (Å²) in [6.45, 7) is 4.95. The Kier molecular flexibility index (Phi) is 47.2. The minimum atomic E-state index is -4.32. The first kappa shape index (κ1) is 63.5. The lowest BCUT2D eigenvalue weighted by atomic mass is 10.0. The van der Waals surface area contributed by atoms with Gasteiger partial charge in [-0.05, 0) is 12.8 Å². The van der Waals surface area contributed by atoms with Gasteiger partial charge in [0.1, 0.15) is 13.2 Å². The van der Waals surface area contributed by atoms with Crippen LogP contribution in [0.5, 0.6) is 0 Å². The van der Waals surface area contributed by atoms with Gasteiger partial charge in [0.25, 0.3) is 0 Å². The Morgan fingerprint density at radius 2 is 0.750 bits per heavy atom. The molecule has 3 N–H and O–H groups in total. The number of likely N-dealkylation sites (N-methyl/N-ethyl adjacent to an activating group) is 1. The average Bonchev–Trinajstić information content (AvgIpc) is 3.25. The summed E-state index contributed by atoms with van der Waals surface area (Å²) in [6, 6.07) is -0.755. The standard InChI is InChI=1S/C55H113N2O6P/c1-6-8-10-12-14-16-18-20-22-24-26-28-29-30-32-34-36-38-40-42-44-46-48-54(58)53(52-63-64(60,61)62-51-50-57(3,4)5)56-55(59)49-47-45-43-41-39-37-35-33-31-27-25-23-21-19-17-15-13-11-9-7-2/h53-54,58H,6-52H2,1-5H3,(H-,56,59,60,61)/p+1. The first-order valence-corrected chi connectivity index (χ1v) is 29.9. The molecule has 0 aromatic rings. The van der Waals surface area contributed by atoms with Gasteiger partial charge in [0.2, 0.25) is 5.91 Å². The molecule has 0 fully saturated rings. The number of phosphoric acid groups is 1. The van der Waals surface area contributed by atoms with Crippen LogP contribution in [0, 0.1) is 0 Å². The van der Waals surface area contributed by atoms with E-state index in [1.165, 1.54) is 231 Å². The van der Waals surface area contributed by atoms with E-state index in [9.17, 15) is 19.4 Å². The monoisotopic (exact) mass is 930 g/mol. The number of amides is 1. The maximum atomic E-state index is 13.0. The van der Waals surface area contributed by atoms with E-state index in [0.29, 0.717) is 23.9 Å². The van der Waals surface area contributed by atoms with E-state index in [-0.39, 0.29) is 19.1 Å². The quantitative estimate of drug-likeness (QED) is 0.0319. The largest absolute Gasteiger partial charge is 0.472 e. The first-order valence-electron chi connectivity index (χ1n) is 28.4. The Morgan fingerprint density at radius 1 is 0.469 bits per heavy atom. The number of carbonyl (C=O) groups is 1. The third-order valence-electron chi connectivity index (χ3n) is 13.4. The molecule has 9 heteroatoms. The van der Waals surface area contributed by atoms with E-state index >= 15 is 0 Å². The lowest BCUT2D eigenvalue weighted by molar-refractivity contribution is -0.870. The SMILES string of the molecule is CCCCCCCCCCCCCCCCCCCCCCCCC(O)C(COP(=O)(O)OCC[N+](C)(C)C)NC(=O)CCCCCCCCCCCCCCCCCCCCCC. The van der Waals surface area contributed by atoms with E-state index in [4.69, 9.17) is 9.05 Å². The minimum Gasteiger partial charge on any atom is -0.391 e. The Balaban J connectivity index is 4.15. The fraction of sp³-hybridized carbons (Fsp3) is 0.982. The lowest BCUT2D eigenvalue weighted by Crippen LogP contribution is -2.46. The molecule has 0 aliphatic rings. The van der Waals surface area contributed by atoms with Crippen LogP contribution in [0.3, 0.4) is 0 Å². The zero-order valence-corrected chi connectivity index (χ0v) is 44.7. The van der Waals surface area contributed by atoms with Crippen LogP contribution in [0.25, 0.3) is 0 Å². The van der Waals surface area contributed by atoms with Gasteiger partial charge in [-0.3, -0.25) is 13.8 Å². The van der Waals surface area contributed by atoms with Gasteiger partial charge in [0.05, 0.1) is 39.9 Å². The highest BCUT2D eigenvalue weighted by molar-refractivity contribution is 7.47. The van der Waals surface area contributed by atoms with E-state index in [1.807, 2.05) is 21.1 Å². The molecule has 0 saturated carbocycles. The highest BCUT2D eigenvalue weighted by Crippen LogP contribution is 2.43. The van der Waals surface area contributed by atoms with Crippen LogP contribution in [-0.2, 0) is 18.4 Å². The Morgan fingerprint density at radius 3 is 1.05 bits per heavy atom. The van der Waals surface area contributed by atoms with Crippen LogP contribution in [0.4, 0.5) is 0 Å². The van der Waals surface area contributed by atoms with Gasteiger partial charge in [0, 0.05) is 6.42 Å². The summed E-state index contributed by atoms with van der Waals surface area (Å²) in [5, 5.41) is 14.1. The van der Waals surface area contributed by atoms with E-state index in [0.717, 1.165) is 38.5 Å². The molecule has 3 atom stereocenters. The van der Waals surface area contributed by atoms with Gasteiger partial charge in [-0.2, -0.15) is 0 Å². The van der Waals surface area contributed by atoms with Gasteiger partial charge in [-0.15, -0.1) is 0 Å². The van der Waals surface area contributed by atoms with Crippen LogP contribution in [0.1, 0.15) is 296 Å². The highest BCUT2D eigenvalue weighted by atomic mass is 31.2. The van der Waals surface area contributed by atoms with Crippen molar-refractivity contribution in [2.45, 2.75) is 309 Å². The van der Waals surface area contributed by atoms with Crippen LogP contribution in [0.2, 0.25) is 0 Å². The van der Waals surface area contributed by atoms with Gasteiger partial charge in [-0.1, -0.05) is 277 Å². The molecular weight excluding hydrogens is 816 g/mol. The molecule has 1 amide bonds. The second-order valence-electron chi connectivity index (χ2n) is 21.0. The van der Waals surface area contributed by atoms with Crippen LogP contribution >= 0.6 is 7.82 Å². The average molecular weight is 930 g/mol. The number of carbonyl (C=O) groups excluding carboxylic acids is 1. The maximum Gasteiger partial charge on any atom is 0.472 e. The number of unbranched alkanes of at least 4 members (excludes halogenated alkanes) is 40. The third kappa shape index (κ3) is 49.4. The second-order valence-corrected chi connectivity index (χ2v) is 22.5. The molecule has 0 spiro atoms. The summed E-state index contributed by atoms with van der Waals surface area (Å²) >= 11 is 0. The Labute approximate surface area is 399 Å². The number of aliphatic hydroxyl groups is 1. The predicted molar refractivity (Wildman–Crippen MR) is 277 cm³/mol. The molecule has 0 aromatic carbocycles. The molecule has 0 aliphatic carbocycles. The molecule has 0 radical (unpaired) electrons. The van der Waals surface area contributed by atoms with Crippen molar-refractivity contribution in [2.75, 3.05) is 40.9 Å². The van der Waals surface area contributed by atoms with Crippen molar-refractivity contribution in [3.63, 3.8) is 0 Å². The van der Waals surface area contributed by atoms with Crippen molar-refractivity contribution in [1.29, 1.82) is 0 Å². The van der Waals surface area contributed by atoms with E-state index in [2.05, 4.69) is 19.2 Å². The Hall–Kier alpha value is -0.500. The van der Waals surface area contributed by atoms with Crippen molar-refractivity contribution in [2.24, 2.45) is 0 Å². The fourth-order valence-corrected chi connectivity index (χ4v) is 9.61. The van der Waals surface area contributed by atoms with Crippen LogP contribution in [0.15, 0.2) is 0 Å². The molecule has 0 heterocycles. The zero-order chi connectivity index (χ0) is 47.1. The van der Waals surface area contributed by atoms with Crippen LogP contribution < -0.4 is 5.32 Å². The zero-order valence-electron chi connectivity index (χ0n) is 43.8. The van der Waals surface area contributed by atoms with E-state index < -0.39 is 20.0 Å². The van der Waals surface area contributed by atoms with Gasteiger partial charge < -0.3 is 19.8 Å². The molecule has 64 heavy (non-hydrogen) atoms. The van der Waals surface area contributed by atoms with Crippen LogP contribution in [-0.4, -0.2) is 73.4 Å². The second kappa shape index (κ2) is 47.6. The number of hydrogen-bond donors (Lipinski definition) is 3. The summed E-state index contributed by atoms with van der Waals surface area (Å²) in [7, 11) is 1.64. The summed E-state index contributed by atoms with van der Waals surface area (Å²) in [5.74, 6) is -0.136. The van der Waals surface area contributed by atoms with Crippen molar-refractivity contribution in [3.8, 4) is 0 Å². The molecule has 0 bridgehead atoms. The predicted octanol–water partition coefficient (Wildman–Crippen LogP) is 16.9. The summed E-state index contributed by atoms with van der Waals surface area (Å²) in [6.07, 6.45) is 55.8. The number of aliphatic hydroxyl groups excluding tert-OH is 1. The summed E-state index contributed by atoms with van der Waals surface area (Å²) < 4.78 is 23.8.